The van der Waals surface area contributed by atoms with Gasteiger partial charge in [-0.05, 0) is 36.4 Å². The third-order valence-corrected chi connectivity index (χ3v) is 2.67. The predicted molar refractivity (Wildman–Crippen MR) is 80.8 cm³/mol. The number of amides is 1. The number of nitrogens with one attached hydrogen (secondary N) is 2. The molecule has 0 fully saturated rings. The second-order valence-corrected chi connectivity index (χ2v) is 4.16. The summed E-state index contributed by atoms with van der Waals surface area (Å²) in [6.07, 6.45) is 1.60. The zero-order valence-corrected chi connectivity index (χ0v) is 11.7. The number of methoxy groups -OCH3 is 1. The second kappa shape index (κ2) is 7.04. The fraction of sp³-hybridized carbons (Fsp3) is 0.133. The van der Waals surface area contributed by atoms with Gasteiger partial charge in [0.1, 0.15) is 5.75 Å². The Morgan fingerprint density at radius 1 is 1.24 bits per heavy atom. The van der Waals surface area contributed by atoms with Gasteiger partial charge in [0, 0.05) is 12.2 Å². The van der Waals surface area contributed by atoms with Crippen LogP contribution >= 0.6 is 0 Å². The van der Waals surface area contributed by atoms with Crippen molar-refractivity contribution in [2.24, 2.45) is 0 Å². The number of hydrogen-bond donors (Lipinski definition) is 2. The third kappa shape index (κ3) is 4.04. The molecule has 1 aromatic carbocycles. The van der Waals surface area contributed by atoms with Gasteiger partial charge in [-0.25, -0.2) is 0 Å². The molecule has 0 spiro atoms. The maximum Gasteiger partial charge on any atom is 0.272 e. The first-order valence-corrected chi connectivity index (χ1v) is 6.37. The SMILES string of the molecule is C=CCNC(=O)c1ccc(Nc2ccc(OC)cc2)nn1. The Hall–Kier alpha value is -2.89. The smallest absolute Gasteiger partial charge is 0.272 e. The Morgan fingerprint density at radius 3 is 2.57 bits per heavy atom. The number of hydrogen-bond acceptors (Lipinski definition) is 5. The van der Waals surface area contributed by atoms with Crippen molar-refractivity contribution >= 4 is 17.4 Å². The van der Waals surface area contributed by atoms with Crippen molar-refractivity contribution in [3.63, 3.8) is 0 Å². The van der Waals surface area contributed by atoms with E-state index >= 15 is 0 Å². The van der Waals surface area contributed by atoms with E-state index in [1.54, 1.807) is 25.3 Å². The van der Waals surface area contributed by atoms with E-state index in [2.05, 4.69) is 27.4 Å². The maximum atomic E-state index is 11.6. The summed E-state index contributed by atoms with van der Waals surface area (Å²) in [7, 11) is 1.62. The normalized spacial score (nSPS) is 9.76. The zero-order chi connectivity index (χ0) is 15.1. The van der Waals surface area contributed by atoms with Crippen LogP contribution in [-0.4, -0.2) is 29.8 Å². The van der Waals surface area contributed by atoms with Crippen molar-refractivity contribution in [3.8, 4) is 5.75 Å². The quantitative estimate of drug-likeness (QED) is 0.795. The molecule has 0 atom stereocenters. The van der Waals surface area contributed by atoms with Crippen molar-refractivity contribution in [1.82, 2.24) is 15.5 Å². The lowest BCUT2D eigenvalue weighted by molar-refractivity contribution is 0.0952. The molecule has 1 aromatic heterocycles. The minimum atomic E-state index is -0.279. The number of carbonyl (C=O) groups is 1. The molecule has 0 unspecified atom stereocenters. The summed E-state index contributed by atoms with van der Waals surface area (Å²) in [5.41, 5.74) is 1.12. The van der Waals surface area contributed by atoms with E-state index in [0.717, 1.165) is 11.4 Å². The summed E-state index contributed by atoms with van der Waals surface area (Å²) in [5, 5.41) is 13.6. The molecule has 0 saturated heterocycles. The fourth-order valence-electron chi connectivity index (χ4n) is 1.60. The van der Waals surface area contributed by atoms with E-state index in [1.807, 2.05) is 24.3 Å². The first-order chi connectivity index (χ1) is 10.2. The van der Waals surface area contributed by atoms with Gasteiger partial charge in [0.15, 0.2) is 11.5 Å². The second-order valence-electron chi connectivity index (χ2n) is 4.16. The maximum absolute atomic E-state index is 11.6. The molecule has 0 aliphatic carbocycles. The van der Waals surface area contributed by atoms with E-state index in [4.69, 9.17) is 4.74 Å². The molecule has 0 aliphatic rings. The Bertz CT molecular complexity index is 609. The van der Waals surface area contributed by atoms with E-state index < -0.39 is 0 Å². The van der Waals surface area contributed by atoms with Crippen LogP contribution in [0.2, 0.25) is 0 Å². The number of benzene rings is 1. The Balaban J connectivity index is 2.01. The van der Waals surface area contributed by atoms with E-state index in [-0.39, 0.29) is 11.6 Å². The molecule has 2 rings (SSSR count). The number of aromatic nitrogens is 2. The minimum Gasteiger partial charge on any atom is -0.497 e. The zero-order valence-electron chi connectivity index (χ0n) is 11.7. The van der Waals surface area contributed by atoms with Gasteiger partial charge in [-0.1, -0.05) is 6.08 Å². The molecule has 6 heteroatoms. The van der Waals surface area contributed by atoms with Gasteiger partial charge < -0.3 is 15.4 Å². The van der Waals surface area contributed by atoms with Gasteiger partial charge >= 0.3 is 0 Å². The van der Waals surface area contributed by atoms with Crippen molar-refractivity contribution < 1.29 is 9.53 Å². The van der Waals surface area contributed by atoms with Crippen LogP contribution in [0.5, 0.6) is 5.75 Å². The summed E-state index contributed by atoms with van der Waals surface area (Å²) in [6, 6.07) is 10.7. The molecule has 1 amide bonds. The first kappa shape index (κ1) is 14.5. The van der Waals surface area contributed by atoms with Crippen LogP contribution < -0.4 is 15.4 Å². The summed E-state index contributed by atoms with van der Waals surface area (Å²) in [4.78, 5) is 11.6. The van der Waals surface area contributed by atoms with Gasteiger partial charge in [-0.3, -0.25) is 4.79 Å². The summed E-state index contributed by atoms with van der Waals surface area (Å²) in [6.45, 7) is 3.93. The highest BCUT2D eigenvalue weighted by Crippen LogP contribution is 2.18. The Kier molecular flexibility index (Phi) is 4.87. The summed E-state index contributed by atoms with van der Waals surface area (Å²) >= 11 is 0. The topological polar surface area (TPSA) is 76.1 Å². The molecule has 0 saturated carbocycles. The average molecular weight is 284 g/mol. The number of carbonyl (C=O) groups excluding carboxylic acids is 1. The van der Waals surface area contributed by atoms with Crippen LogP contribution in [0.25, 0.3) is 0 Å². The van der Waals surface area contributed by atoms with Crippen LogP contribution in [0.4, 0.5) is 11.5 Å². The van der Waals surface area contributed by atoms with Crippen LogP contribution in [0, 0.1) is 0 Å². The highest BCUT2D eigenvalue weighted by atomic mass is 16.5. The molecule has 2 N–H and O–H groups in total. The largest absolute Gasteiger partial charge is 0.497 e. The van der Waals surface area contributed by atoms with Gasteiger partial charge in [0.25, 0.3) is 5.91 Å². The van der Waals surface area contributed by atoms with Gasteiger partial charge in [0.2, 0.25) is 0 Å². The van der Waals surface area contributed by atoms with E-state index in [9.17, 15) is 4.79 Å². The van der Waals surface area contributed by atoms with Crippen molar-refractivity contribution in [3.05, 3.63) is 54.7 Å². The van der Waals surface area contributed by atoms with Crippen LogP contribution in [-0.2, 0) is 0 Å². The third-order valence-electron chi connectivity index (χ3n) is 2.67. The fourth-order valence-corrected chi connectivity index (χ4v) is 1.60. The van der Waals surface area contributed by atoms with Gasteiger partial charge in [0.05, 0.1) is 7.11 Å². The van der Waals surface area contributed by atoms with Crippen LogP contribution in [0.1, 0.15) is 10.5 Å². The lowest BCUT2D eigenvalue weighted by atomic mass is 10.3. The van der Waals surface area contributed by atoms with Gasteiger partial charge in [-0.15, -0.1) is 16.8 Å². The molecule has 108 valence electrons. The van der Waals surface area contributed by atoms with Crippen molar-refractivity contribution in [1.29, 1.82) is 0 Å². The average Bonchev–Trinajstić information content (AvgIpc) is 2.54. The lowest BCUT2D eigenvalue weighted by Gasteiger charge is -2.06. The number of anilines is 2. The van der Waals surface area contributed by atoms with Crippen molar-refractivity contribution in [2.45, 2.75) is 0 Å². The highest BCUT2D eigenvalue weighted by molar-refractivity contribution is 5.92. The van der Waals surface area contributed by atoms with E-state index in [0.29, 0.717) is 12.4 Å². The first-order valence-electron chi connectivity index (χ1n) is 6.37. The molecule has 21 heavy (non-hydrogen) atoms. The molecular weight excluding hydrogens is 268 g/mol. The molecule has 0 bridgehead atoms. The molecule has 0 aliphatic heterocycles. The number of rotatable bonds is 6. The van der Waals surface area contributed by atoms with Crippen LogP contribution in [0.15, 0.2) is 49.1 Å². The standard InChI is InChI=1S/C15H16N4O2/c1-3-10-16-15(20)13-8-9-14(19-18-13)17-11-4-6-12(21-2)7-5-11/h3-9H,1,10H2,2H3,(H,16,20)(H,17,19). The van der Waals surface area contributed by atoms with E-state index in [1.165, 1.54) is 0 Å². The highest BCUT2D eigenvalue weighted by Gasteiger charge is 2.06. The molecular formula is C15H16N4O2. The molecule has 2 aromatic rings. The lowest BCUT2D eigenvalue weighted by Crippen LogP contribution is -2.24. The summed E-state index contributed by atoms with van der Waals surface area (Å²) in [5.74, 6) is 1.06. The number of ether oxygens (including phenoxy) is 1. The minimum absolute atomic E-state index is 0.261. The molecule has 0 radical (unpaired) electrons. The molecule has 6 nitrogen and oxygen atoms in total. The molecule has 1 heterocycles. The number of nitrogens with zero attached hydrogens (tertiary/aromatic N) is 2. The van der Waals surface area contributed by atoms with Crippen LogP contribution in [0.3, 0.4) is 0 Å². The Morgan fingerprint density at radius 2 is 2.00 bits per heavy atom. The Labute approximate surface area is 122 Å². The van der Waals surface area contributed by atoms with Gasteiger partial charge in [-0.2, -0.15) is 0 Å². The summed E-state index contributed by atoms with van der Waals surface area (Å²) < 4.78 is 5.09. The predicted octanol–water partition coefficient (Wildman–Crippen LogP) is 2.14. The van der Waals surface area contributed by atoms with Crippen molar-refractivity contribution in [2.75, 3.05) is 19.0 Å². The monoisotopic (exact) mass is 284 g/mol.